The molecule has 0 saturated carbocycles. The average Bonchev–Trinajstić information content (AvgIpc) is 3.31. The molecule has 136 valence electrons. The van der Waals surface area contributed by atoms with Crippen molar-refractivity contribution in [2.24, 2.45) is 0 Å². The number of aromatic nitrogens is 3. The standard InChI is InChI=1S/C21H26N4O/c1-3-16-7-9-17(10-8-16)14-25-11-5-4-6-19(25)21-18(13-22-23-21)20-12-15(2)24-26-20/h7-10,12-13,19H,3-6,11,14H2,1-2H3,(H,22,23)/t19-/m0/s1. The van der Waals surface area contributed by atoms with Crippen LogP contribution in [-0.2, 0) is 13.0 Å². The minimum atomic E-state index is 0.331. The zero-order chi connectivity index (χ0) is 17.9. The number of nitrogens with zero attached hydrogens (tertiary/aromatic N) is 3. The molecule has 1 atom stereocenters. The minimum Gasteiger partial charge on any atom is -0.356 e. The predicted molar refractivity (Wildman–Crippen MR) is 102 cm³/mol. The molecule has 1 aliphatic rings. The highest BCUT2D eigenvalue weighted by molar-refractivity contribution is 5.60. The lowest BCUT2D eigenvalue weighted by molar-refractivity contribution is 0.137. The fourth-order valence-electron chi connectivity index (χ4n) is 3.86. The first-order valence-electron chi connectivity index (χ1n) is 9.53. The summed E-state index contributed by atoms with van der Waals surface area (Å²) < 4.78 is 5.49. The van der Waals surface area contributed by atoms with Crippen molar-refractivity contribution in [3.8, 4) is 11.3 Å². The summed E-state index contributed by atoms with van der Waals surface area (Å²) in [7, 11) is 0. The summed E-state index contributed by atoms with van der Waals surface area (Å²) in [6, 6.07) is 11.3. The molecule has 0 spiro atoms. The molecule has 0 amide bonds. The Labute approximate surface area is 154 Å². The maximum absolute atomic E-state index is 5.49. The maximum Gasteiger partial charge on any atom is 0.170 e. The van der Waals surface area contributed by atoms with E-state index < -0.39 is 0 Å². The van der Waals surface area contributed by atoms with Gasteiger partial charge in [0.1, 0.15) is 0 Å². The van der Waals surface area contributed by atoms with E-state index in [-0.39, 0.29) is 0 Å². The second-order valence-corrected chi connectivity index (χ2v) is 7.18. The van der Waals surface area contributed by atoms with E-state index in [1.54, 1.807) is 0 Å². The molecule has 5 nitrogen and oxygen atoms in total. The molecule has 3 aromatic rings. The number of likely N-dealkylation sites (tertiary alicyclic amines) is 1. The third-order valence-electron chi connectivity index (χ3n) is 5.33. The summed E-state index contributed by atoms with van der Waals surface area (Å²) in [4.78, 5) is 2.56. The average molecular weight is 350 g/mol. The van der Waals surface area contributed by atoms with Crippen molar-refractivity contribution in [1.82, 2.24) is 20.3 Å². The van der Waals surface area contributed by atoms with Crippen LogP contribution in [-0.4, -0.2) is 26.8 Å². The Balaban J connectivity index is 1.59. The Hall–Kier alpha value is -2.40. The van der Waals surface area contributed by atoms with Crippen molar-refractivity contribution >= 4 is 0 Å². The molecule has 0 bridgehead atoms. The second-order valence-electron chi connectivity index (χ2n) is 7.18. The number of hydrogen-bond acceptors (Lipinski definition) is 4. The van der Waals surface area contributed by atoms with E-state index in [1.807, 2.05) is 19.2 Å². The van der Waals surface area contributed by atoms with Crippen LogP contribution in [0.5, 0.6) is 0 Å². The molecule has 1 aromatic carbocycles. The first-order chi connectivity index (χ1) is 12.7. The van der Waals surface area contributed by atoms with Gasteiger partial charge in [-0.1, -0.05) is 42.8 Å². The molecule has 0 unspecified atom stereocenters. The fraction of sp³-hybridized carbons (Fsp3) is 0.429. The lowest BCUT2D eigenvalue weighted by atomic mass is 9.95. The number of H-pyrrole nitrogens is 1. The predicted octanol–water partition coefficient (Wildman–Crippen LogP) is 4.66. The van der Waals surface area contributed by atoms with Gasteiger partial charge in [-0.05, 0) is 43.9 Å². The minimum absolute atomic E-state index is 0.331. The molecule has 5 heteroatoms. The lowest BCUT2D eigenvalue weighted by Gasteiger charge is -2.35. The van der Waals surface area contributed by atoms with Crippen LogP contribution < -0.4 is 0 Å². The van der Waals surface area contributed by atoms with Gasteiger partial charge in [-0.3, -0.25) is 10.00 Å². The number of aromatic amines is 1. The first kappa shape index (κ1) is 17.0. The summed E-state index contributed by atoms with van der Waals surface area (Å²) >= 11 is 0. The van der Waals surface area contributed by atoms with Gasteiger partial charge in [-0.2, -0.15) is 5.10 Å². The number of piperidine rings is 1. The molecule has 1 fully saturated rings. The molecule has 1 saturated heterocycles. The van der Waals surface area contributed by atoms with E-state index in [0.29, 0.717) is 6.04 Å². The number of benzene rings is 1. The molecular formula is C21H26N4O. The Morgan fingerprint density at radius 2 is 2.00 bits per heavy atom. The molecule has 2 aromatic heterocycles. The van der Waals surface area contributed by atoms with Gasteiger partial charge in [0.2, 0.25) is 0 Å². The number of rotatable bonds is 5. The summed E-state index contributed by atoms with van der Waals surface area (Å²) in [6.07, 6.45) is 6.56. The maximum atomic E-state index is 5.49. The number of aryl methyl sites for hydroxylation is 2. The van der Waals surface area contributed by atoms with Crippen LogP contribution in [0.15, 0.2) is 41.1 Å². The van der Waals surface area contributed by atoms with E-state index in [9.17, 15) is 0 Å². The van der Waals surface area contributed by atoms with Crippen molar-refractivity contribution < 1.29 is 4.52 Å². The number of hydrogen-bond donors (Lipinski definition) is 1. The van der Waals surface area contributed by atoms with Gasteiger partial charge in [-0.15, -0.1) is 0 Å². The Morgan fingerprint density at radius 1 is 1.19 bits per heavy atom. The smallest absolute Gasteiger partial charge is 0.170 e. The molecule has 4 rings (SSSR count). The SMILES string of the molecule is CCc1ccc(CN2CCCC[C@H]2c2[nH]ncc2-c2cc(C)no2)cc1. The molecule has 26 heavy (non-hydrogen) atoms. The van der Waals surface area contributed by atoms with Crippen molar-refractivity contribution in [3.63, 3.8) is 0 Å². The zero-order valence-corrected chi connectivity index (χ0v) is 15.5. The van der Waals surface area contributed by atoms with Gasteiger partial charge in [0.15, 0.2) is 5.76 Å². The Kier molecular flexibility index (Phi) is 4.89. The van der Waals surface area contributed by atoms with E-state index >= 15 is 0 Å². The molecule has 0 radical (unpaired) electrons. The van der Waals surface area contributed by atoms with Crippen molar-refractivity contribution in [1.29, 1.82) is 0 Å². The molecule has 0 aliphatic carbocycles. The highest BCUT2D eigenvalue weighted by Crippen LogP contribution is 2.36. The van der Waals surface area contributed by atoms with Gasteiger partial charge in [0, 0.05) is 12.6 Å². The summed E-state index contributed by atoms with van der Waals surface area (Å²) in [6.45, 7) is 6.21. The van der Waals surface area contributed by atoms with E-state index in [2.05, 4.69) is 51.4 Å². The quantitative estimate of drug-likeness (QED) is 0.727. The van der Waals surface area contributed by atoms with Crippen LogP contribution >= 0.6 is 0 Å². The second kappa shape index (κ2) is 7.46. The van der Waals surface area contributed by atoms with Crippen molar-refractivity contribution in [3.05, 3.63) is 59.0 Å². The van der Waals surface area contributed by atoms with Gasteiger partial charge in [-0.25, -0.2) is 0 Å². The Morgan fingerprint density at radius 3 is 2.73 bits per heavy atom. The molecule has 3 heterocycles. The summed E-state index contributed by atoms with van der Waals surface area (Å²) in [5, 5.41) is 11.6. The topological polar surface area (TPSA) is 58.0 Å². The fourth-order valence-corrected chi connectivity index (χ4v) is 3.86. The van der Waals surface area contributed by atoms with Crippen LogP contribution in [0.3, 0.4) is 0 Å². The zero-order valence-electron chi connectivity index (χ0n) is 15.5. The van der Waals surface area contributed by atoms with E-state index in [0.717, 1.165) is 48.6 Å². The highest BCUT2D eigenvalue weighted by atomic mass is 16.5. The summed E-state index contributed by atoms with van der Waals surface area (Å²) in [5.74, 6) is 0.795. The third-order valence-corrected chi connectivity index (χ3v) is 5.33. The van der Waals surface area contributed by atoms with Gasteiger partial charge < -0.3 is 4.52 Å². The largest absolute Gasteiger partial charge is 0.356 e. The van der Waals surface area contributed by atoms with Crippen LogP contribution in [0.1, 0.15) is 54.7 Å². The first-order valence-corrected chi connectivity index (χ1v) is 9.53. The van der Waals surface area contributed by atoms with E-state index in [1.165, 1.54) is 24.0 Å². The van der Waals surface area contributed by atoms with Gasteiger partial charge in [0.25, 0.3) is 0 Å². The van der Waals surface area contributed by atoms with E-state index in [4.69, 9.17) is 4.52 Å². The molecule has 1 aliphatic heterocycles. The highest BCUT2D eigenvalue weighted by Gasteiger charge is 2.28. The summed E-state index contributed by atoms with van der Waals surface area (Å²) in [5.41, 5.74) is 5.82. The van der Waals surface area contributed by atoms with Crippen LogP contribution in [0, 0.1) is 6.92 Å². The lowest BCUT2D eigenvalue weighted by Crippen LogP contribution is -2.33. The monoisotopic (exact) mass is 350 g/mol. The number of nitrogens with one attached hydrogen (secondary N) is 1. The molecule has 1 N–H and O–H groups in total. The van der Waals surface area contributed by atoms with Crippen molar-refractivity contribution in [2.75, 3.05) is 6.54 Å². The Bertz CT molecular complexity index is 849. The normalized spacial score (nSPS) is 18.3. The molecular weight excluding hydrogens is 324 g/mol. The third kappa shape index (κ3) is 3.44. The van der Waals surface area contributed by atoms with Crippen LogP contribution in [0.4, 0.5) is 0 Å². The van der Waals surface area contributed by atoms with Crippen molar-refractivity contribution in [2.45, 2.75) is 52.1 Å². The van der Waals surface area contributed by atoms with Gasteiger partial charge >= 0.3 is 0 Å². The van der Waals surface area contributed by atoms with Gasteiger partial charge in [0.05, 0.1) is 29.2 Å². The van der Waals surface area contributed by atoms with Crippen LogP contribution in [0.2, 0.25) is 0 Å². The van der Waals surface area contributed by atoms with Crippen LogP contribution in [0.25, 0.3) is 11.3 Å².